The number of carbonyl (C=O) groups is 1. The normalized spacial score (nSPS) is 18.5. The fraction of sp³-hybridized carbons (Fsp3) is 0.348. The van der Waals surface area contributed by atoms with Crippen molar-refractivity contribution in [2.24, 2.45) is 5.92 Å². The third-order valence-electron chi connectivity index (χ3n) is 6.17. The number of aromatic nitrogens is 3. The van der Waals surface area contributed by atoms with Gasteiger partial charge in [-0.3, -0.25) is 4.79 Å². The summed E-state index contributed by atoms with van der Waals surface area (Å²) in [5.41, 5.74) is -3.07. The van der Waals surface area contributed by atoms with Crippen molar-refractivity contribution >= 4 is 15.6 Å². The monoisotopic (exact) mass is 549 g/mol. The highest BCUT2D eigenvalue weighted by atomic mass is 32.2. The average Bonchev–Trinajstić information content (AvgIpc) is 3.21. The van der Waals surface area contributed by atoms with Crippen LogP contribution >= 0.6 is 0 Å². The second-order valence-electron chi connectivity index (χ2n) is 8.53. The number of nitrogens with zero attached hydrogens (tertiary/aromatic N) is 3. The summed E-state index contributed by atoms with van der Waals surface area (Å²) >= 11 is 0. The van der Waals surface area contributed by atoms with Crippen LogP contribution in [0.4, 0.5) is 30.7 Å². The Morgan fingerprint density at radius 3 is 2.16 bits per heavy atom. The van der Waals surface area contributed by atoms with Crippen LogP contribution in [0.25, 0.3) is 5.69 Å². The largest absolute Gasteiger partial charge is 0.435 e. The topological polar surface area (TPSA) is 81.9 Å². The molecule has 1 aliphatic rings. The third-order valence-corrected chi connectivity index (χ3v) is 8.46. The predicted molar refractivity (Wildman–Crippen MR) is 115 cm³/mol. The van der Waals surface area contributed by atoms with Gasteiger partial charge in [0.1, 0.15) is 17.3 Å². The lowest BCUT2D eigenvalue weighted by atomic mass is 9.80. The molecule has 3 aromatic rings. The minimum atomic E-state index is -4.91. The van der Waals surface area contributed by atoms with Crippen LogP contribution in [-0.4, -0.2) is 34.2 Å². The summed E-state index contributed by atoms with van der Waals surface area (Å²) in [6.45, 7) is 0. The molecule has 0 amide bonds. The van der Waals surface area contributed by atoms with E-state index in [1.54, 1.807) is 0 Å². The first-order valence-electron chi connectivity index (χ1n) is 10.9. The molecule has 4 rings (SSSR count). The number of sulfone groups is 1. The van der Waals surface area contributed by atoms with Crippen molar-refractivity contribution in [3.05, 3.63) is 71.6 Å². The van der Waals surface area contributed by atoms with E-state index >= 15 is 0 Å². The molecule has 2 heterocycles. The number of benzene rings is 1. The van der Waals surface area contributed by atoms with E-state index in [9.17, 15) is 43.9 Å². The molecule has 1 aromatic carbocycles. The molecule has 0 saturated heterocycles. The molecule has 14 heteroatoms. The Balaban J connectivity index is 1.51. The number of hydrogen-bond donors (Lipinski definition) is 0. The van der Waals surface area contributed by atoms with Crippen LogP contribution in [-0.2, 0) is 33.4 Å². The van der Waals surface area contributed by atoms with Crippen LogP contribution in [0.1, 0.15) is 36.2 Å². The highest BCUT2D eigenvalue weighted by Gasteiger charge is 2.45. The minimum Gasteiger partial charge on any atom is -0.299 e. The van der Waals surface area contributed by atoms with Crippen molar-refractivity contribution < 1.29 is 43.9 Å². The van der Waals surface area contributed by atoms with Gasteiger partial charge in [-0.25, -0.2) is 22.5 Å². The molecule has 1 fully saturated rings. The van der Waals surface area contributed by atoms with Crippen molar-refractivity contribution in [3.63, 3.8) is 0 Å². The average molecular weight is 549 g/mol. The number of halogens is 7. The van der Waals surface area contributed by atoms with Gasteiger partial charge in [0.15, 0.2) is 15.5 Å². The van der Waals surface area contributed by atoms with Crippen LogP contribution in [0.2, 0.25) is 0 Å². The lowest BCUT2D eigenvalue weighted by molar-refractivity contribution is -0.142. The first-order valence-corrected chi connectivity index (χ1v) is 12.4. The quantitative estimate of drug-likeness (QED) is 0.299. The maximum absolute atomic E-state index is 13.6. The van der Waals surface area contributed by atoms with Crippen molar-refractivity contribution in [2.75, 3.05) is 0 Å². The van der Waals surface area contributed by atoms with Gasteiger partial charge in [-0.1, -0.05) is 0 Å². The molecule has 0 spiro atoms. The molecule has 0 N–H and O–H groups in total. The van der Waals surface area contributed by atoms with Crippen LogP contribution in [0.3, 0.4) is 0 Å². The number of Topliss-reactive ketones (excluding diaryl/α,β-unsaturated/α-hetero) is 1. The number of pyridine rings is 1. The second-order valence-corrected chi connectivity index (χ2v) is 10.7. The van der Waals surface area contributed by atoms with Gasteiger partial charge in [0, 0.05) is 24.1 Å². The summed E-state index contributed by atoms with van der Waals surface area (Å²) in [7, 11) is -3.94. The van der Waals surface area contributed by atoms with E-state index in [2.05, 4.69) is 10.1 Å². The molecule has 2 aromatic heterocycles. The minimum absolute atomic E-state index is 0.151. The number of hydrogen-bond acceptors (Lipinski definition) is 5. The highest BCUT2D eigenvalue weighted by Crippen LogP contribution is 2.39. The summed E-state index contributed by atoms with van der Waals surface area (Å²) < 4.78 is 118. The van der Waals surface area contributed by atoms with Gasteiger partial charge >= 0.3 is 12.4 Å². The molecule has 0 aliphatic heterocycles. The summed E-state index contributed by atoms with van der Waals surface area (Å²) in [5.74, 6) is -2.09. The van der Waals surface area contributed by atoms with Gasteiger partial charge in [-0.2, -0.15) is 31.4 Å². The van der Waals surface area contributed by atoms with E-state index in [0.29, 0.717) is 6.07 Å². The van der Waals surface area contributed by atoms with Gasteiger partial charge in [-0.05, 0) is 55.7 Å². The van der Waals surface area contributed by atoms with Crippen molar-refractivity contribution in [2.45, 2.75) is 48.2 Å². The first kappa shape index (κ1) is 26.8. The highest BCUT2D eigenvalue weighted by molar-refractivity contribution is 7.92. The van der Waals surface area contributed by atoms with Crippen LogP contribution in [0.5, 0.6) is 0 Å². The third kappa shape index (κ3) is 5.53. The Kier molecular flexibility index (Phi) is 6.90. The Morgan fingerprint density at radius 1 is 0.973 bits per heavy atom. The van der Waals surface area contributed by atoms with Gasteiger partial charge in [0.05, 0.1) is 22.0 Å². The molecule has 37 heavy (non-hydrogen) atoms. The summed E-state index contributed by atoms with van der Waals surface area (Å²) in [4.78, 5) is 15.8. The summed E-state index contributed by atoms with van der Waals surface area (Å²) in [6.07, 6.45) is -8.35. The maximum atomic E-state index is 13.6. The van der Waals surface area contributed by atoms with E-state index in [4.69, 9.17) is 0 Å². The zero-order valence-electron chi connectivity index (χ0n) is 18.7. The molecule has 1 aliphatic carbocycles. The summed E-state index contributed by atoms with van der Waals surface area (Å²) in [6, 6.07) is 5.65. The maximum Gasteiger partial charge on any atom is 0.435 e. The van der Waals surface area contributed by atoms with Crippen molar-refractivity contribution in [3.8, 4) is 5.69 Å². The number of alkyl halides is 6. The molecule has 0 bridgehead atoms. The zero-order chi connectivity index (χ0) is 27.2. The predicted octanol–water partition coefficient (Wildman–Crippen LogP) is 5.20. The SMILES string of the molecule is O=C(CCc1cn(-c2ccc(C(F)(F)F)nc2)nc1C(F)(F)F)[C@@H]1CC[C@@H]1S(=O)(=O)c1ccc(F)cc1. The number of ketones is 1. The molecular weight excluding hydrogens is 531 g/mol. The first-order chi connectivity index (χ1) is 17.2. The van der Waals surface area contributed by atoms with E-state index in [0.717, 1.165) is 47.4 Å². The molecule has 1 saturated carbocycles. The van der Waals surface area contributed by atoms with Gasteiger partial charge in [0.2, 0.25) is 0 Å². The van der Waals surface area contributed by atoms with Crippen molar-refractivity contribution in [1.82, 2.24) is 14.8 Å². The zero-order valence-corrected chi connectivity index (χ0v) is 19.5. The van der Waals surface area contributed by atoms with Crippen molar-refractivity contribution in [1.29, 1.82) is 0 Å². The van der Waals surface area contributed by atoms with E-state index < -0.39 is 69.2 Å². The second kappa shape index (κ2) is 9.54. The lowest BCUT2D eigenvalue weighted by Crippen LogP contribution is -2.43. The Morgan fingerprint density at radius 2 is 1.65 bits per heavy atom. The smallest absolute Gasteiger partial charge is 0.299 e. The van der Waals surface area contributed by atoms with Crippen LogP contribution in [0.15, 0.2) is 53.7 Å². The van der Waals surface area contributed by atoms with Crippen LogP contribution in [0, 0.1) is 11.7 Å². The number of rotatable bonds is 7. The summed E-state index contributed by atoms with van der Waals surface area (Å²) in [5, 5.41) is 2.37. The molecule has 6 nitrogen and oxygen atoms in total. The van der Waals surface area contributed by atoms with Gasteiger partial charge in [-0.15, -0.1) is 0 Å². The molecule has 198 valence electrons. The lowest BCUT2D eigenvalue weighted by Gasteiger charge is -2.35. The molecule has 0 unspecified atom stereocenters. The van der Waals surface area contributed by atoms with E-state index in [-0.39, 0.29) is 29.0 Å². The van der Waals surface area contributed by atoms with Crippen LogP contribution < -0.4 is 0 Å². The Bertz CT molecular complexity index is 1400. The Labute approximate surface area is 206 Å². The van der Waals surface area contributed by atoms with Gasteiger partial charge in [0.25, 0.3) is 0 Å². The number of carbonyl (C=O) groups excluding carboxylic acids is 1. The van der Waals surface area contributed by atoms with Gasteiger partial charge < -0.3 is 0 Å². The number of aryl methyl sites for hydroxylation is 1. The molecule has 2 atom stereocenters. The fourth-order valence-corrected chi connectivity index (χ4v) is 6.14. The Hall–Kier alpha value is -3.29. The van der Waals surface area contributed by atoms with E-state index in [1.165, 1.54) is 0 Å². The standard InChI is InChI=1S/C23H18F7N3O3S/c24-14-2-5-16(6-3-14)37(35,36)19-9-7-17(19)18(34)8-1-13-12-33(32-21(13)23(28,29)30)15-4-10-20(31-11-15)22(25,26)27/h2-6,10-12,17,19H,1,7-9H2/t17-,19-/m0/s1. The molecular formula is C23H18F7N3O3S. The molecule has 0 radical (unpaired) electrons. The fourth-order valence-electron chi connectivity index (χ4n) is 4.10. The van der Waals surface area contributed by atoms with E-state index in [1.807, 2.05) is 0 Å².